The molecule has 4 nitrogen and oxygen atoms in total. The van der Waals surface area contributed by atoms with Crippen molar-refractivity contribution in [3.63, 3.8) is 0 Å². The van der Waals surface area contributed by atoms with Gasteiger partial charge in [0.15, 0.2) is 0 Å². The highest BCUT2D eigenvalue weighted by molar-refractivity contribution is 6.35. The van der Waals surface area contributed by atoms with Gasteiger partial charge in [-0.05, 0) is 32.4 Å². The van der Waals surface area contributed by atoms with Crippen LogP contribution in [-0.2, 0) is 0 Å². The van der Waals surface area contributed by atoms with E-state index in [9.17, 15) is 9.90 Å². The van der Waals surface area contributed by atoms with Crippen molar-refractivity contribution in [2.24, 2.45) is 0 Å². The van der Waals surface area contributed by atoms with Gasteiger partial charge in [-0.3, -0.25) is 4.90 Å². The van der Waals surface area contributed by atoms with Crippen molar-refractivity contribution in [1.29, 1.82) is 0 Å². The zero-order valence-corrected chi connectivity index (χ0v) is 12.0. The first-order valence-electron chi connectivity index (χ1n) is 5.94. The van der Waals surface area contributed by atoms with Crippen LogP contribution >= 0.6 is 11.6 Å². The zero-order valence-electron chi connectivity index (χ0n) is 11.2. The number of amides is 2. The maximum Gasteiger partial charge on any atom is 0.324 e. The first-order chi connectivity index (χ1) is 8.43. The SMILES string of the molecule is CCN(CC)C(=O)N(C)c1ccc(C)c(O)c1Cl. The maximum atomic E-state index is 12.2. The molecule has 0 radical (unpaired) electrons. The monoisotopic (exact) mass is 270 g/mol. The van der Waals surface area contributed by atoms with Crippen molar-refractivity contribution in [1.82, 2.24) is 4.90 Å². The molecule has 0 saturated heterocycles. The third-order valence-corrected chi connectivity index (χ3v) is 3.35. The first-order valence-corrected chi connectivity index (χ1v) is 6.32. The lowest BCUT2D eigenvalue weighted by Crippen LogP contribution is -2.41. The average molecular weight is 271 g/mol. The molecule has 0 fully saturated rings. The number of phenols is 1. The summed E-state index contributed by atoms with van der Waals surface area (Å²) in [6.45, 7) is 6.87. The Hall–Kier alpha value is -1.42. The van der Waals surface area contributed by atoms with E-state index in [0.29, 0.717) is 24.3 Å². The number of hydrogen-bond donors (Lipinski definition) is 1. The number of benzene rings is 1. The molecule has 0 aliphatic heterocycles. The first kappa shape index (κ1) is 14.6. The standard InChI is InChI=1S/C13H19ClN2O2/c1-5-16(6-2)13(18)15(4)10-8-7-9(3)12(17)11(10)14/h7-8,17H,5-6H2,1-4H3. The van der Waals surface area contributed by atoms with Gasteiger partial charge in [0.2, 0.25) is 0 Å². The molecule has 0 atom stereocenters. The number of rotatable bonds is 3. The largest absolute Gasteiger partial charge is 0.506 e. The predicted octanol–water partition coefficient (Wildman–Crippen LogP) is 3.25. The topological polar surface area (TPSA) is 43.8 Å². The lowest BCUT2D eigenvalue weighted by molar-refractivity contribution is 0.211. The number of carbonyl (C=O) groups excluding carboxylic acids is 1. The second-order valence-electron chi connectivity index (χ2n) is 4.08. The van der Waals surface area contributed by atoms with E-state index in [2.05, 4.69) is 0 Å². The zero-order chi connectivity index (χ0) is 13.9. The number of carbonyl (C=O) groups is 1. The second-order valence-corrected chi connectivity index (χ2v) is 4.46. The van der Waals surface area contributed by atoms with Gasteiger partial charge in [-0.2, -0.15) is 0 Å². The minimum absolute atomic E-state index is 0.0216. The molecule has 5 heteroatoms. The van der Waals surface area contributed by atoms with Gasteiger partial charge in [0, 0.05) is 20.1 Å². The third kappa shape index (κ3) is 2.70. The Labute approximate surface area is 113 Å². The van der Waals surface area contributed by atoms with Crippen LogP contribution in [0.5, 0.6) is 5.75 Å². The van der Waals surface area contributed by atoms with Crippen LogP contribution in [0, 0.1) is 6.92 Å². The van der Waals surface area contributed by atoms with E-state index in [0.717, 1.165) is 0 Å². The van der Waals surface area contributed by atoms with Crippen molar-refractivity contribution in [3.05, 3.63) is 22.7 Å². The number of urea groups is 1. The van der Waals surface area contributed by atoms with E-state index >= 15 is 0 Å². The predicted molar refractivity (Wildman–Crippen MR) is 74.6 cm³/mol. The van der Waals surface area contributed by atoms with E-state index in [1.54, 1.807) is 31.0 Å². The highest BCUT2D eigenvalue weighted by Gasteiger charge is 2.20. The molecular weight excluding hydrogens is 252 g/mol. The van der Waals surface area contributed by atoms with Gasteiger partial charge in [-0.25, -0.2) is 4.79 Å². The van der Waals surface area contributed by atoms with Crippen molar-refractivity contribution in [2.75, 3.05) is 25.0 Å². The van der Waals surface area contributed by atoms with Gasteiger partial charge in [0.1, 0.15) is 10.8 Å². The third-order valence-electron chi connectivity index (χ3n) is 2.98. The minimum atomic E-state index is -0.134. The molecule has 0 aliphatic rings. The molecular formula is C13H19ClN2O2. The van der Waals surface area contributed by atoms with Crippen LogP contribution in [0.4, 0.5) is 10.5 Å². The van der Waals surface area contributed by atoms with E-state index in [-0.39, 0.29) is 16.8 Å². The minimum Gasteiger partial charge on any atom is -0.506 e. The van der Waals surface area contributed by atoms with E-state index in [4.69, 9.17) is 11.6 Å². The summed E-state index contributed by atoms with van der Waals surface area (Å²) in [6, 6.07) is 3.34. The van der Waals surface area contributed by atoms with Gasteiger partial charge in [-0.15, -0.1) is 0 Å². The molecule has 2 amide bonds. The molecule has 1 rings (SSSR count). The maximum absolute atomic E-state index is 12.2. The fraction of sp³-hybridized carbons (Fsp3) is 0.462. The van der Waals surface area contributed by atoms with Crippen LogP contribution in [-0.4, -0.2) is 36.2 Å². The molecule has 1 aromatic carbocycles. The smallest absolute Gasteiger partial charge is 0.324 e. The molecule has 0 aromatic heterocycles. The summed E-state index contributed by atoms with van der Waals surface area (Å²) in [6.07, 6.45) is 0. The Morgan fingerprint density at radius 1 is 1.33 bits per heavy atom. The Kier molecular flexibility index (Phi) is 4.84. The number of anilines is 1. The fourth-order valence-electron chi connectivity index (χ4n) is 1.72. The van der Waals surface area contributed by atoms with Gasteiger partial charge in [0.05, 0.1) is 5.69 Å². The molecule has 0 heterocycles. The molecule has 1 aromatic rings. The molecule has 0 aliphatic carbocycles. The van der Waals surface area contributed by atoms with E-state index in [1.165, 1.54) is 4.90 Å². The summed E-state index contributed by atoms with van der Waals surface area (Å²) >= 11 is 6.07. The number of hydrogen-bond acceptors (Lipinski definition) is 2. The van der Waals surface area contributed by atoms with Crippen LogP contribution in [0.25, 0.3) is 0 Å². The molecule has 100 valence electrons. The average Bonchev–Trinajstić information content (AvgIpc) is 2.36. The summed E-state index contributed by atoms with van der Waals surface area (Å²) in [5, 5.41) is 9.99. The summed E-state index contributed by atoms with van der Waals surface area (Å²) < 4.78 is 0. The normalized spacial score (nSPS) is 10.3. The van der Waals surface area contributed by atoms with Crippen molar-refractivity contribution < 1.29 is 9.90 Å². The van der Waals surface area contributed by atoms with Gasteiger partial charge in [0.25, 0.3) is 0 Å². The van der Waals surface area contributed by atoms with Crippen molar-refractivity contribution in [3.8, 4) is 5.75 Å². The highest BCUT2D eigenvalue weighted by atomic mass is 35.5. The quantitative estimate of drug-likeness (QED) is 0.916. The Morgan fingerprint density at radius 2 is 1.89 bits per heavy atom. The summed E-state index contributed by atoms with van der Waals surface area (Å²) in [5.74, 6) is 0.0216. The van der Waals surface area contributed by atoms with E-state index < -0.39 is 0 Å². The number of halogens is 1. The number of nitrogens with zero attached hydrogens (tertiary/aromatic N) is 2. The number of phenolic OH excluding ortho intramolecular Hbond substituents is 1. The Bertz CT molecular complexity index is 445. The van der Waals surface area contributed by atoms with Crippen LogP contribution in [0.15, 0.2) is 12.1 Å². The Morgan fingerprint density at radius 3 is 2.39 bits per heavy atom. The molecule has 0 unspecified atom stereocenters. The summed E-state index contributed by atoms with van der Waals surface area (Å²) in [4.78, 5) is 15.3. The Balaban J connectivity index is 3.08. The molecule has 18 heavy (non-hydrogen) atoms. The number of aryl methyl sites for hydroxylation is 1. The molecule has 0 bridgehead atoms. The molecule has 1 N–H and O–H groups in total. The van der Waals surface area contributed by atoms with Gasteiger partial charge >= 0.3 is 6.03 Å². The molecule has 0 spiro atoms. The van der Waals surface area contributed by atoms with Crippen LogP contribution in [0.2, 0.25) is 5.02 Å². The van der Waals surface area contributed by atoms with Crippen LogP contribution in [0.3, 0.4) is 0 Å². The van der Waals surface area contributed by atoms with E-state index in [1.807, 2.05) is 13.8 Å². The highest BCUT2D eigenvalue weighted by Crippen LogP contribution is 2.36. The number of aromatic hydroxyl groups is 1. The van der Waals surface area contributed by atoms with Crippen LogP contribution in [0.1, 0.15) is 19.4 Å². The van der Waals surface area contributed by atoms with Gasteiger partial charge < -0.3 is 10.0 Å². The second kappa shape index (κ2) is 5.96. The summed E-state index contributed by atoms with van der Waals surface area (Å²) in [5.41, 5.74) is 1.20. The van der Waals surface area contributed by atoms with Gasteiger partial charge in [-0.1, -0.05) is 17.7 Å². The lowest BCUT2D eigenvalue weighted by Gasteiger charge is -2.27. The summed E-state index contributed by atoms with van der Waals surface area (Å²) in [7, 11) is 1.65. The van der Waals surface area contributed by atoms with Crippen molar-refractivity contribution in [2.45, 2.75) is 20.8 Å². The lowest BCUT2D eigenvalue weighted by atomic mass is 10.2. The fourth-order valence-corrected chi connectivity index (χ4v) is 2.06. The molecule has 0 saturated carbocycles. The van der Waals surface area contributed by atoms with Crippen LogP contribution < -0.4 is 4.90 Å². The van der Waals surface area contributed by atoms with Crippen molar-refractivity contribution >= 4 is 23.3 Å².